The van der Waals surface area contributed by atoms with Crippen LogP contribution in [-0.4, -0.2) is 19.3 Å². The minimum Gasteiger partial charge on any atom is -0.298 e. The van der Waals surface area contributed by atoms with E-state index in [4.69, 9.17) is 0 Å². The zero-order valence-electron chi connectivity index (χ0n) is 14.3. The lowest BCUT2D eigenvalue weighted by Gasteiger charge is -2.08. The average Bonchev–Trinajstić information content (AvgIpc) is 3.42. The van der Waals surface area contributed by atoms with E-state index in [2.05, 4.69) is 15.0 Å². The first-order valence-electron chi connectivity index (χ1n) is 8.46. The van der Waals surface area contributed by atoms with Crippen LogP contribution in [0.1, 0.15) is 34.8 Å². The van der Waals surface area contributed by atoms with Gasteiger partial charge in [0.2, 0.25) is 0 Å². The van der Waals surface area contributed by atoms with Gasteiger partial charge in [-0.3, -0.25) is 14.8 Å². The van der Waals surface area contributed by atoms with Gasteiger partial charge in [-0.1, -0.05) is 18.2 Å². The topological polar surface area (TPSA) is 88.2 Å². The molecule has 0 bridgehead atoms. The second-order valence-electron chi connectivity index (χ2n) is 6.30. The molecular weight excluding hydrogens is 382 g/mol. The van der Waals surface area contributed by atoms with Crippen molar-refractivity contribution >= 4 is 38.1 Å². The molecule has 0 spiro atoms. The number of aromatic nitrogens is 1. The summed E-state index contributed by atoms with van der Waals surface area (Å²) in [5.74, 6) is 0.222. The number of amides is 1. The number of thiazole rings is 1. The lowest BCUT2D eigenvalue weighted by atomic mass is 10.2. The molecule has 4 rings (SSSR count). The molecule has 1 aromatic heterocycles. The first kappa shape index (κ1) is 17.7. The number of hydrogen-bond acceptors (Lipinski definition) is 5. The number of para-hydroxylation sites is 1. The van der Waals surface area contributed by atoms with Crippen molar-refractivity contribution in [3.05, 3.63) is 71.2 Å². The average molecular weight is 399 g/mol. The van der Waals surface area contributed by atoms with Gasteiger partial charge in [0.15, 0.2) is 5.13 Å². The first-order chi connectivity index (χ1) is 13.0. The van der Waals surface area contributed by atoms with E-state index in [0.717, 1.165) is 18.5 Å². The molecule has 0 atom stereocenters. The number of nitrogens with one attached hydrogen (secondary N) is 2. The smallest absolute Gasteiger partial charge is 0.261 e. The van der Waals surface area contributed by atoms with Gasteiger partial charge >= 0.3 is 0 Å². The van der Waals surface area contributed by atoms with Crippen molar-refractivity contribution in [1.82, 2.24) is 4.98 Å². The maximum Gasteiger partial charge on any atom is 0.261 e. The van der Waals surface area contributed by atoms with E-state index in [0.29, 0.717) is 22.3 Å². The minimum atomic E-state index is -3.71. The summed E-state index contributed by atoms with van der Waals surface area (Å²) in [6.45, 7) is 0. The van der Waals surface area contributed by atoms with Gasteiger partial charge in [-0.2, -0.15) is 0 Å². The third-order valence-electron chi connectivity index (χ3n) is 4.19. The lowest BCUT2D eigenvalue weighted by molar-refractivity contribution is 0.102. The molecule has 0 saturated heterocycles. The van der Waals surface area contributed by atoms with Crippen LogP contribution in [0.5, 0.6) is 0 Å². The fourth-order valence-corrected chi connectivity index (χ4v) is 4.43. The molecule has 8 heteroatoms. The molecule has 3 aromatic rings. The molecule has 1 saturated carbocycles. The maximum atomic E-state index is 12.4. The van der Waals surface area contributed by atoms with Crippen molar-refractivity contribution in [2.45, 2.75) is 23.7 Å². The predicted molar refractivity (Wildman–Crippen MR) is 106 cm³/mol. The number of benzene rings is 2. The van der Waals surface area contributed by atoms with Gasteiger partial charge in [-0.25, -0.2) is 13.4 Å². The Labute approximate surface area is 161 Å². The van der Waals surface area contributed by atoms with E-state index in [-0.39, 0.29) is 10.8 Å². The molecule has 1 fully saturated rings. The Morgan fingerprint density at radius 3 is 2.41 bits per heavy atom. The van der Waals surface area contributed by atoms with Crippen LogP contribution in [0.25, 0.3) is 0 Å². The highest BCUT2D eigenvalue weighted by Crippen LogP contribution is 2.40. The second kappa shape index (κ2) is 7.13. The van der Waals surface area contributed by atoms with E-state index < -0.39 is 10.0 Å². The van der Waals surface area contributed by atoms with E-state index in [1.165, 1.54) is 35.6 Å². The first-order valence-corrected chi connectivity index (χ1v) is 10.8. The van der Waals surface area contributed by atoms with E-state index in [1.807, 2.05) is 5.38 Å². The van der Waals surface area contributed by atoms with Crippen molar-refractivity contribution in [2.24, 2.45) is 0 Å². The number of carbonyl (C=O) groups excluding carboxylic acids is 1. The standard InChI is InChI=1S/C19H17N3O3S2/c23-18(21-19-20-17(12-26-19)13-6-7-13)14-8-10-16(11-9-14)27(24,25)22-15-4-2-1-3-5-15/h1-5,8-13,22H,6-7H2,(H,20,21,23). The third-order valence-corrected chi connectivity index (χ3v) is 6.36. The molecule has 6 nitrogen and oxygen atoms in total. The highest BCUT2D eigenvalue weighted by atomic mass is 32.2. The van der Waals surface area contributed by atoms with Gasteiger partial charge < -0.3 is 0 Å². The summed E-state index contributed by atoms with van der Waals surface area (Å²) < 4.78 is 27.4. The molecule has 0 aliphatic heterocycles. The molecule has 1 heterocycles. The summed E-state index contributed by atoms with van der Waals surface area (Å²) in [6.07, 6.45) is 2.31. The number of rotatable bonds is 6. The number of sulfonamides is 1. The van der Waals surface area contributed by atoms with Gasteiger partial charge in [-0.15, -0.1) is 11.3 Å². The zero-order chi connectivity index (χ0) is 18.9. The summed E-state index contributed by atoms with van der Waals surface area (Å²) in [6, 6.07) is 14.5. The Bertz CT molecular complexity index is 1060. The monoisotopic (exact) mass is 399 g/mol. The normalized spacial score (nSPS) is 13.9. The Balaban J connectivity index is 1.45. The molecule has 0 radical (unpaired) electrons. The molecule has 138 valence electrons. The molecular formula is C19H17N3O3S2. The second-order valence-corrected chi connectivity index (χ2v) is 8.84. The Hall–Kier alpha value is -2.71. The Morgan fingerprint density at radius 1 is 1.04 bits per heavy atom. The summed E-state index contributed by atoms with van der Waals surface area (Å²) in [5.41, 5.74) is 1.88. The number of anilines is 2. The number of carbonyl (C=O) groups is 1. The van der Waals surface area contributed by atoms with Gasteiger partial charge in [0.05, 0.1) is 10.6 Å². The van der Waals surface area contributed by atoms with Crippen molar-refractivity contribution in [3.8, 4) is 0 Å². The van der Waals surface area contributed by atoms with Crippen LogP contribution < -0.4 is 10.0 Å². The van der Waals surface area contributed by atoms with Crippen molar-refractivity contribution in [1.29, 1.82) is 0 Å². The summed E-state index contributed by atoms with van der Waals surface area (Å²) in [4.78, 5) is 16.9. The number of hydrogen-bond donors (Lipinski definition) is 2. The number of nitrogens with zero attached hydrogens (tertiary/aromatic N) is 1. The predicted octanol–water partition coefficient (Wildman–Crippen LogP) is 4.07. The van der Waals surface area contributed by atoms with Crippen LogP contribution in [0.15, 0.2) is 64.9 Å². The molecule has 0 unspecified atom stereocenters. The van der Waals surface area contributed by atoms with Crippen LogP contribution in [0.2, 0.25) is 0 Å². The van der Waals surface area contributed by atoms with Gasteiger partial charge in [0.25, 0.3) is 15.9 Å². The largest absolute Gasteiger partial charge is 0.298 e. The fourth-order valence-electron chi connectivity index (χ4n) is 2.59. The quantitative estimate of drug-likeness (QED) is 0.654. The minimum absolute atomic E-state index is 0.0909. The third kappa shape index (κ3) is 4.17. The summed E-state index contributed by atoms with van der Waals surface area (Å²) >= 11 is 1.40. The van der Waals surface area contributed by atoms with Crippen molar-refractivity contribution < 1.29 is 13.2 Å². The summed E-state index contributed by atoms with van der Waals surface area (Å²) in [5, 5.41) is 5.29. The van der Waals surface area contributed by atoms with Crippen LogP contribution in [-0.2, 0) is 10.0 Å². The SMILES string of the molecule is O=C(Nc1nc(C2CC2)cs1)c1ccc(S(=O)(=O)Nc2ccccc2)cc1. The van der Waals surface area contributed by atoms with E-state index in [1.54, 1.807) is 30.3 Å². The Morgan fingerprint density at radius 2 is 1.74 bits per heavy atom. The van der Waals surface area contributed by atoms with Crippen LogP contribution >= 0.6 is 11.3 Å². The molecule has 1 aliphatic carbocycles. The highest BCUT2D eigenvalue weighted by Gasteiger charge is 2.26. The van der Waals surface area contributed by atoms with E-state index in [9.17, 15) is 13.2 Å². The fraction of sp³-hybridized carbons (Fsp3) is 0.158. The maximum absolute atomic E-state index is 12.4. The molecule has 27 heavy (non-hydrogen) atoms. The molecule has 1 amide bonds. The molecule has 2 aromatic carbocycles. The summed E-state index contributed by atoms with van der Waals surface area (Å²) in [7, 11) is -3.71. The van der Waals surface area contributed by atoms with Gasteiger partial charge in [0, 0.05) is 22.5 Å². The molecule has 2 N–H and O–H groups in total. The molecule has 1 aliphatic rings. The van der Waals surface area contributed by atoms with E-state index >= 15 is 0 Å². The highest BCUT2D eigenvalue weighted by molar-refractivity contribution is 7.92. The van der Waals surface area contributed by atoms with Crippen LogP contribution in [0, 0.1) is 0 Å². The van der Waals surface area contributed by atoms with Gasteiger partial charge in [-0.05, 0) is 49.2 Å². The van der Waals surface area contributed by atoms with Crippen molar-refractivity contribution in [2.75, 3.05) is 10.0 Å². The van der Waals surface area contributed by atoms with Crippen LogP contribution in [0.3, 0.4) is 0 Å². The van der Waals surface area contributed by atoms with Gasteiger partial charge in [0.1, 0.15) is 0 Å². The lowest BCUT2D eigenvalue weighted by Crippen LogP contribution is -2.14. The van der Waals surface area contributed by atoms with Crippen molar-refractivity contribution in [3.63, 3.8) is 0 Å². The van der Waals surface area contributed by atoms with Crippen LogP contribution in [0.4, 0.5) is 10.8 Å². The zero-order valence-corrected chi connectivity index (χ0v) is 15.9. The Kier molecular flexibility index (Phi) is 4.67.